The molecular formula is C13H15FN4S. The second-order valence-electron chi connectivity index (χ2n) is 4.64. The maximum Gasteiger partial charge on any atom is 0.186 e. The van der Waals surface area contributed by atoms with Gasteiger partial charge in [0.15, 0.2) is 11.6 Å². The number of thiazole rings is 1. The van der Waals surface area contributed by atoms with Crippen molar-refractivity contribution in [2.45, 2.75) is 38.6 Å². The van der Waals surface area contributed by atoms with E-state index in [0.717, 1.165) is 19.3 Å². The molecule has 1 N–H and O–H groups in total. The summed E-state index contributed by atoms with van der Waals surface area (Å²) in [7, 11) is 0. The smallest absolute Gasteiger partial charge is 0.186 e. The van der Waals surface area contributed by atoms with Crippen molar-refractivity contribution in [3.8, 4) is 0 Å². The molecule has 0 amide bonds. The SMILES string of the molecule is CCc1ncnc(N[C@H]2CCc3ncsc3C2)c1F. The van der Waals surface area contributed by atoms with Gasteiger partial charge in [0.2, 0.25) is 0 Å². The van der Waals surface area contributed by atoms with Crippen LogP contribution in [0.4, 0.5) is 10.2 Å². The Bertz CT molecular complexity index is 584. The van der Waals surface area contributed by atoms with Crippen molar-refractivity contribution in [2.75, 3.05) is 5.32 Å². The Hall–Kier alpha value is -1.56. The first kappa shape index (κ1) is 12.5. The average molecular weight is 278 g/mol. The van der Waals surface area contributed by atoms with Crippen LogP contribution in [0.15, 0.2) is 11.8 Å². The Morgan fingerprint density at radius 3 is 3.16 bits per heavy atom. The highest BCUT2D eigenvalue weighted by molar-refractivity contribution is 7.09. The Morgan fingerprint density at radius 2 is 2.32 bits per heavy atom. The zero-order valence-electron chi connectivity index (χ0n) is 10.7. The maximum absolute atomic E-state index is 14.1. The van der Waals surface area contributed by atoms with Gasteiger partial charge in [0.25, 0.3) is 0 Å². The van der Waals surface area contributed by atoms with Crippen molar-refractivity contribution < 1.29 is 4.39 Å². The Morgan fingerprint density at radius 1 is 1.42 bits per heavy atom. The summed E-state index contributed by atoms with van der Waals surface area (Å²) < 4.78 is 14.1. The molecule has 0 radical (unpaired) electrons. The molecule has 1 atom stereocenters. The lowest BCUT2D eigenvalue weighted by molar-refractivity contribution is 0.573. The minimum Gasteiger partial charge on any atom is -0.364 e. The van der Waals surface area contributed by atoms with Crippen molar-refractivity contribution in [3.05, 3.63) is 33.9 Å². The highest BCUT2D eigenvalue weighted by Crippen LogP contribution is 2.26. The maximum atomic E-state index is 14.1. The van der Waals surface area contributed by atoms with Gasteiger partial charge in [-0.3, -0.25) is 0 Å². The van der Waals surface area contributed by atoms with Crippen LogP contribution >= 0.6 is 11.3 Å². The molecule has 4 nitrogen and oxygen atoms in total. The third-order valence-electron chi connectivity index (χ3n) is 3.42. The van der Waals surface area contributed by atoms with Gasteiger partial charge in [-0.15, -0.1) is 11.3 Å². The second-order valence-corrected chi connectivity index (χ2v) is 5.58. The van der Waals surface area contributed by atoms with Crippen LogP contribution in [0.25, 0.3) is 0 Å². The van der Waals surface area contributed by atoms with Crippen LogP contribution in [0.1, 0.15) is 29.6 Å². The van der Waals surface area contributed by atoms with Crippen LogP contribution in [-0.2, 0) is 19.3 Å². The van der Waals surface area contributed by atoms with E-state index in [1.54, 1.807) is 11.3 Å². The van der Waals surface area contributed by atoms with Gasteiger partial charge in [0.1, 0.15) is 6.33 Å². The monoisotopic (exact) mass is 278 g/mol. The third kappa shape index (κ3) is 2.45. The van der Waals surface area contributed by atoms with Gasteiger partial charge in [-0.05, 0) is 19.3 Å². The molecular weight excluding hydrogens is 263 g/mol. The van der Waals surface area contributed by atoms with Crippen molar-refractivity contribution in [3.63, 3.8) is 0 Å². The number of hydrogen-bond donors (Lipinski definition) is 1. The topological polar surface area (TPSA) is 50.7 Å². The summed E-state index contributed by atoms with van der Waals surface area (Å²) in [4.78, 5) is 13.6. The molecule has 2 heterocycles. The van der Waals surface area contributed by atoms with Crippen molar-refractivity contribution in [1.82, 2.24) is 15.0 Å². The molecule has 1 aliphatic rings. The largest absolute Gasteiger partial charge is 0.364 e. The standard InChI is InChI=1S/C13H15FN4S/c1-2-9-12(14)13(16-6-15-9)18-8-3-4-10-11(5-8)19-7-17-10/h6-8H,2-5H2,1H3,(H,15,16,18)/t8-/m0/s1. The van der Waals surface area contributed by atoms with Crippen LogP contribution in [-0.4, -0.2) is 21.0 Å². The molecule has 0 unspecified atom stereocenters. The number of rotatable bonds is 3. The third-order valence-corrected chi connectivity index (χ3v) is 4.32. The van der Waals surface area contributed by atoms with E-state index in [1.807, 2.05) is 12.4 Å². The number of fused-ring (bicyclic) bond motifs is 1. The lowest BCUT2D eigenvalue weighted by Gasteiger charge is -2.23. The zero-order valence-corrected chi connectivity index (χ0v) is 11.5. The highest BCUT2D eigenvalue weighted by atomic mass is 32.1. The van der Waals surface area contributed by atoms with Crippen molar-refractivity contribution in [1.29, 1.82) is 0 Å². The van der Waals surface area contributed by atoms with Gasteiger partial charge < -0.3 is 5.32 Å². The number of hydrogen-bond acceptors (Lipinski definition) is 5. The Kier molecular flexibility index (Phi) is 3.42. The lowest BCUT2D eigenvalue weighted by Crippen LogP contribution is -2.28. The number of aryl methyl sites for hydroxylation is 2. The number of nitrogens with zero attached hydrogens (tertiary/aromatic N) is 3. The molecule has 0 aromatic carbocycles. The van der Waals surface area contributed by atoms with Crippen LogP contribution < -0.4 is 5.32 Å². The molecule has 0 spiro atoms. The van der Waals surface area contributed by atoms with E-state index in [9.17, 15) is 4.39 Å². The fourth-order valence-corrected chi connectivity index (χ4v) is 3.27. The molecule has 6 heteroatoms. The molecule has 1 aliphatic carbocycles. The fourth-order valence-electron chi connectivity index (χ4n) is 2.37. The average Bonchev–Trinajstić information content (AvgIpc) is 2.88. The van der Waals surface area contributed by atoms with E-state index < -0.39 is 0 Å². The van der Waals surface area contributed by atoms with Gasteiger partial charge in [0.05, 0.1) is 16.9 Å². The quantitative estimate of drug-likeness (QED) is 0.937. The Labute approximate surface area is 115 Å². The molecule has 0 aliphatic heterocycles. The first-order valence-corrected chi connectivity index (χ1v) is 7.33. The summed E-state index contributed by atoms with van der Waals surface area (Å²) in [5.41, 5.74) is 3.54. The fraction of sp³-hybridized carbons (Fsp3) is 0.462. The lowest BCUT2D eigenvalue weighted by atomic mass is 9.98. The number of anilines is 1. The van der Waals surface area contributed by atoms with E-state index in [1.165, 1.54) is 16.9 Å². The van der Waals surface area contributed by atoms with Gasteiger partial charge in [-0.2, -0.15) is 0 Å². The number of halogens is 1. The first-order chi connectivity index (χ1) is 9.28. The Balaban J connectivity index is 1.76. The summed E-state index contributed by atoms with van der Waals surface area (Å²) in [6.45, 7) is 1.89. The van der Waals surface area contributed by atoms with Gasteiger partial charge in [-0.25, -0.2) is 19.3 Å². The summed E-state index contributed by atoms with van der Waals surface area (Å²) in [6, 6.07) is 0.224. The molecule has 0 fully saturated rings. The predicted molar refractivity (Wildman–Crippen MR) is 72.9 cm³/mol. The summed E-state index contributed by atoms with van der Waals surface area (Å²) >= 11 is 1.67. The molecule has 0 saturated heterocycles. The molecule has 2 aromatic heterocycles. The summed E-state index contributed by atoms with van der Waals surface area (Å²) in [5.74, 6) is 0.00455. The van der Waals surface area contributed by atoms with Crippen LogP contribution in [0.3, 0.4) is 0 Å². The van der Waals surface area contributed by atoms with E-state index in [-0.39, 0.29) is 11.9 Å². The molecule has 100 valence electrons. The number of nitrogens with one attached hydrogen (secondary N) is 1. The van der Waals surface area contributed by atoms with Crippen LogP contribution in [0, 0.1) is 5.82 Å². The van der Waals surface area contributed by atoms with E-state index in [4.69, 9.17) is 0 Å². The van der Waals surface area contributed by atoms with Crippen molar-refractivity contribution >= 4 is 17.2 Å². The molecule has 3 rings (SSSR count). The molecule has 19 heavy (non-hydrogen) atoms. The molecule has 0 saturated carbocycles. The zero-order chi connectivity index (χ0) is 13.2. The minimum absolute atomic E-state index is 0.224. The summed E-state index contributed by atoms with van der Waals surface area (Å²) in [6.07, 6.45) is 4.80. The van der Waals surface area contributed by atoms with Gasteiger partial charge >= 0.3 is 0 Å². The summed E-state index contributed by atoms with van der Waals surface area (Å²) in [5, 5.41) is 3.21. The van der Waals surface area contributed by atoms with Gasteiger partial charge in [-0.1, -0.05) is 6.92 Å². The molecule has 0 bridgehead atoms. The normalized spacial score (nSPS) is 18.1. The van der Waals surface area contributed by atoms with Crippen LogP contribution in [0.2, 0.25) is 0 Å². The molecule has 2 aromatic rings. The van der Waals surface area contributed by atoms with Crippen molar-refractivity contribution in [2.24, 2.45) is 0 Å². The van der Waals surface area contributed by atoms with E-state index in [2.05, 4.69) is 20.3 Å². The van der Waals surface area contributed by atoms with E-state index >= 15 is 0 Å². The minimum atomic E-state index is -0.319. The number of aromatic nitrogens is 3. The predicted octanol–water partition coefficient (Wildman–Crippen LogP) is 2.60. The first-order valence-electron chi connectivity index (χ1n) is 6.45. The second kappa shape index (κ2) is 5.21. The van der Waals surface area contributed by atoms with Gasteiger partial charge in [0, 0.05) is 17.3 Å². The van der Waals surface area contributed by atoms with E-state index in [0.29, 0.717) is 17.9 Å². The van der Waals surface area contributed by atoms with Crippen LogP contribution in [0.5, 0.6) is 0 Å². The highest BCUT2D eigenvalue weighted by Gasteiger charge is 2.22.